The number of benzene rings is 4. The van der Waals surface area contributed by atoms with Crippen molar-refractivity contribution < 1.29 is 19.4 Å². The molecule has 0 saturated heterocycles. The zero-order chi connectivity index (χ0) is 26.9. The van der Waals surface area contributed by atoms with Crippen molar-refractivity contribution in [1.82, 2.24) is 0 Å². The molecule has 5 N–H and O–H groups in total. The van der Waals surface area contributed by atoms with E-state index in [1.54, 1.807) is 54.6 Å². The number of para-hydroxylation sites is 2. The fraction of sp³-hybridized carbons (Fsp3) is 0.161. The van der Waals surface area contributed by atoms with Gasteiger partial charge in [-0.1, -0.05) is 73.7 Å². The molecule has 2 atom stereocenters. The van der Waals surface area contributed by atoms with E-state index in [0.29, 0.717) is 29.9 Å². The molecule has 7 nitrogen and oxygen atoms in total. The lowest BCUT2D eigenvalue weighted by atomic mass is 9.93. The van der Waals surface area contributed by atoms with Crippen LogP contribution in [0.3, 0.4) is 0 Å². The van der Waals surface area contributed by atoms with E-state index in [2.05, 4.69) is 10.6 Å². The molecule has 0 aliphatic heterocycles. The van der Waals surface area contributed by atoms with E-state index < -0.39 is 12.2 Å². The molecule has 0 aliphatic carbocycles. The van der Waals surface area contributed by atoms with Crippen LogP contribution in [-0.4, -0.2) is 17.1 Å². The second-order valence-corrected chi connectivity index (χ2v) is 9.10. The Morgan fingerprint density at radius 3 is 2.37 bits per heavy atom. The van der Waals surface area contributed by atoms with Crippen molar-refractivity contribution in [2.75, 3.05) is 16.4 Å². The van der Waals surface area contributed by atoms with Gasteiger partial charge in [-0.3, -0.25) is 10.1 Å². The molecule has 0 bridgehead atoms. The summed E-state index contributed by atoms with van der Waals surface area (Å²) >= 11 is 0. The molecule has 4 aromatic rings. The van der Waals surface area contributed by atoms with Crippen molar-refractivity contribution in [2.45, 2.75) is 25.9 Å². The number of anilines is 3. The van der Waals surface area contributed by atoms with Crippen LogP contribution in [0, 0.1) is 5.92 Å². The Labute approximate surface area is 221 Å². The lowest BCUT2D eigenvalue weighted by Crippen LogP contribution is -2.22. The molecule has 4 aromatic carbocycles. The predicted molar refractivity (Wildman–Crippen MR) is 152 cm³/mol. The van der Waals surface area contributed by atoms with Crippen LogP contribution in [0.25, 0.3) is 10.8 Å². The number of ether oxygens (including phenoxy) is 1. The fourth-order valence-corrected chi connectivity index (χ4v) is 4.25. The maximum absolute atomic E-state index is 13.0. The summed E-state index contributed by atoms with van der Waals surface area (Å²) in [5.41, 5.74) is 8.37. The molecule has 0 fully saturated rings. The number of fused-ring (bicyclic) bond motifs is 1. The monoisotopic (exact) mass is 509 g/mol. The normalized spacial score (nSPS) is 12.7. The average molecular weight is 510 g/mol. The number of nitrogens with two attached hydrogens (primary N) is 1. The molecular formula is C31H31N3O4. The third kappa shape index (κ3) is 6.91. The van der Waals surface area contributed by atoms with Crippen LogP contribution in [0.5, 0.6) is 5.75 Å². The summed E-state index contributed by atoms with van der Waals surface area (Å²) in [5, 5.41) is 17.3. The highest BCUT2D eigenvalue weighted by Gasteiger charge is 2.24. The van der Waals surface area contributed by atoms with E-state index >= 15 is 0 Å². The van der Waals surface area contributed by atoms with Crippen molar-refractivity contribution in [1.29, 1.82) is 0 Å². The average Bonchev–Trinajstić information content (AvgIpc) is 2.92. The van der Waals surface area contributed by atoms with Crippen LogP contribution in [0.4, 0.5) is 21.9 Å². The third-order valence-corrected chi connectivity index (χ3v) is 6.28. The lowest BCUT2D eigenvalue weighted by molar-refractivity contribution is -0.111. The summed E-state index contributed by atoms with van der Waals surface area (Å²) in [5.74, 6) is -0.208. The van der Waals surface area contributed by atoms with Crippen molar-refractivity contribution in [3.8, 4) is 5.75 Å². The molecule has 2 amide bonds. The molecule has 0 spiro atoms. The van der Waals surface area contributed by atoms with Gasteiger partial charge in [0.15, 0.2) is 0 Å². The molecule has 0 heterocycles. The van der Waals surface area contributed by atoms with Crippen LogP contribution in [0.1, 0.15) is 31.4 Å². The minimum Gasteiger partial charge on any atom is -0.508 e. The molecule has 194 valence electrons. The summed E-state index contributed by atoms with van der Waals surface area (Å²) in [7, 11) is 0. The third-order valence-electron chi connectivity index (χ3n) is 6.28. The number of carbonyl (C=O) groups is 2. The molecule has 4 rings (SSSR count). The second-order valence-electron chi connectivity index (χ2n) is 9.10. The Bertz CT molecular complexity index is 1430. The fourth-order valence-electron chi connectivity index (χ4n) is 4.25. The van der Waals surface area contributed by atoms with E-state index in [-0.39, 0.29) is 17.6 Å². The Morgan fingerprint density at radius 1 is 0.895 bits per heavy atom. The first-order chi connectivity index (χ1) is 18.4. The first-order valence-corrected chi connectivity index (χ1v) is 12.5. The number of phenolic OH excluding ortho intramolecular Hbond substituents is 1. The predicted octanol–water partition coefficient (Wildman–Crippen LogP) is 7.03. The number of carbonyl (C=O) groups excluding carboxylic acids is 2. The molecule has 7 heteroatoms. The van der Waals surface area contributed by atoms with Gasteiger partial charge in [0.1, 0.15) is 11.9 Å². The molecule has 0 aliphatic rings. The van der Waals surface area contributed by atoms with Gasteiger partial charge >= 0.3 is 6.09 Å². The standard InChI is InChI=1S/C31H31N3O4/c1-21(9-2-7-16-29(36)33-28-14-6-5-13-26(28)32)30(23-17-19-24(35)20-18-23)38-31(37)34-27-15-8-11-22-10-3-4-12-25(22)27/h3-8,10-21,30,35H,2,9,32H2,1H3,(H,33,36)(H,34,37)/b16-7+/t21-,30-/m1/s1. The van der Waals surface area contributed by atoms with Gasteiger partial charge in [-0.25, -0.2) is 4.79 Å². The van der Waals surface area contributed by atoms with Crippen LogP contribution in [0.15, 0.2) is 103 Å². The maximum Gasteiger partial charge on any atom is 0.412 e. The molecule has 0 aromatic heterocycles. The SMILES string of the molecule is C[C@H](CC/C=C/C(=O)Nc1ccccc1N)[C@@H](OC(=O)Nc1cccc2ccccc12)c1ccc(O)cc1. The number of hydrogen-bond acceptors (Lipinski definition) is 5. The van der Waals surface area contributed by atoms with Gasteiger partial charge in [0, 0.05) is 5.39 Å². The summed E-state index contributed by atoms with van der Waals surface area (Å²) < 4.78 is 5.91. The van der Waals surface area contributed by atoms with Gasteiger partial charge in [0.25, 0.3) is 0 Å². The minimum absolute atomic E-state index is 0.0738. The van der Waals surface area contributed by atoms with Crippen LogP contribution in [-0.2, 0) is 9.53 Å². The van der Waals surface area contributed by atoms with Crippen LogP contribution in [0.2, 0.25) is 0 Å². The zero-order valence-corrected chi connectivity index (χ0v) is 21.1. The summed E-state index contributed by atoms with van der Waals surface area (Å²) in [6, 6.07) is 27.2. The summed E-state index contributed by atoms with van der Waals surface area (Å²) in [6.45, 7) is 1.99. The Kier molecular flexibility index (Phi) is 8.61. The molecule has 0 radical (unpaired) electrons. The van der Waals surface area contributed by atoms with Crippen molar-refractivity contribution in [2.24, 2.45) is 5.92 Å². The second kappa shape index (κ2) is 12.5. The molecule has 0 saturated carbocycles. The highest BCUT2D eigenvalue weighted by Crippen LogP contribution is 2.32. The van der Waals surface area contributed by atoms with Gasteiger partial charge in [-0.15, -0.1) is 0 Å². The van der Waals surface area contributed by atoms with E-state index in [1.807, 2.05) is 49.4 Å². The zero-order valence-electron chi connectivity index (χ0n) is 21.1. The Balaban J connectivity index is 1.40. The Hall–Kier alpha value is -4.78. The van der Waals surface area contributed by atoms with Crippen molar-refractivity contribution >= 4 is 39.8 Å². The number of rotatable bonds is 9. The quantitative estimate of drug-likeness (QED) is 0.143. The minimum atomic E-state index is -0.568. The van der Waals surface area contributed by atoms with E-state index in [1.165, 1.54) is 6.08 Å². The first kappa shape index (κ1) is 26.3. The highest BCUT2D eigenvalue weighted by molar-refractivity contribution is 6.01. The van der Waals surface area contributed by atoms with Gasteiger partial charge < -0.3 is 20.9 Å². The number of allylic oxidation sites excluding steroid dienone is 1. The molecule has 38 heavy (non-hydrogen) atoms. The number of amides is 2. The Morgan fingerprint density at radius 2 is 1.58 bits per heavy atom. The topological polar surface area (TPSA) is 114 Å². The highest BCUT2D eigenvalue weighted by atomic mass is 16.6. The number of phenols is 1. The number of nitrogens with one attached hydrogen (secondary N) is 2. The van der Waals surface area contributed by atoms with Gasteiger partial charge in [0.05, 0.1) is 17.1 Å². The van der Waals surface area contributed by atoms with E-state index in [9.17, 15) is 14.7 Å². The largest absolute Gasteiger partial charge is 0.508 e. The molecular weight excluding hydrogens is 478 g/mol. The number of nitrogen functional groups attached to an aromatic ring is 1. The number of hydrogen-bond donors (Lipinski definition) is 4. The molecule has 0 unspecified atom stereocenters. The smallest absolute Gasteiger partial charge is 0.412 e. The van der Waals surface area contributed by atoms with E-state index in [0.717, 1.165) is 16.3 Å². The number of aromatic hydroxyl groups is 1. The summed E-state index contributed by atoms with van der Waals surface area (Å²) in [4.78, 5) is 25.2. The summed E-state index contributed by atoms with van der Waals surface area (Å²) in [6.07, 6.45) is 3.39. The van der Waals surface area contributed by atoms with Gasteiger partial charge in [-0.2, -0.15) is 0 Å². The van der Waals surface area contributed by atoms with Crippen molar-refractivity contribution in [3.05, 3.63) is 109 Å². The van der Waals surface area contributed by atoms with Gasteiger partial charge in [-0.05, 0) is 66.1 Å². The van der Waals surface area contributed by atoms with E-state index in [4.69, 9.17) is 10.5 Å². The van der Waals surface area contributed by atoms with Crippen LogP contribution >= 0.6 is 0 Å². The maximum atomic E-state index is 13.0. The van der Waals surface area contributed by atoms with Crippen molar-refractivity contribution in [3.63, 3.8) is 0 Å². The first-order valence-electron chi connectivity index (χ1n) is 12.5. The lowest BCUT2D eigenvalue weighted by Gasteiger charge is -2.25. The van der Waals surface area contributed by atoms with Crippen LogP contribution < -0.4 is 16.4 Å². The van der Waals surface area contributed by atoms with Gasteiger partial charge in [0.2, 0.25) is 5.91 Å².